The smallest absolute Gasteiger partial charge is 0.242 e. The average molecular weight is 340 g/mol. The van der Waals surface area contributed by atoms with Crippen LogP contribution in [-0.2, 0) is 16.6 Å². The molecular formula is C17H28N2O3S. The zero-order chi connectivity index (χ0) is 17.0. The summed E-state index contributed by atoms with van der Waals surface area (Å²) >= 11 is 0. The first-order valence-corrected chi connectivity index (χ1v) is 9.61. The lowest BCUT2D eigenvalue weighted by atomic mass is 9.86. The van der Waals surface area contributed by atoms with E-state index < -0.39 is 10.0 Å². The predicted octanol–water partition coefficient (Wildman–Crippen LogP) is 1.92. The summed E-state index contributed by atoms with van der Waals surface area (Å²) < 4.78 is 25.7. The van der Waals surface area contributed by atoms with Crippen molar-refractivity contribution in [3.8, 4) is 0 Å². The van der Waals surface area contributed by atoms with Crippen LogP contribution in [0.2, 0.25) is 0 Å². The molecule has 23 heavy (non-hydrogen) atoms. The second-order valence-electron chi connectivity index (χ2n) is 6.71. The fraction of sp³-hybridized carbons (Fsp3) is 0.647. The Bertz CT molecular complexity index is 608. The SMILES string of the molecule is CN(Cc1cccc(S(=O)(=O)N(C)C)c1)C1CCC(CO)CC1. The van der Waals surface area contributed by atoms with Crippen molar-refractivity contribution < 1.29 is 13.5 Å². The third-order valence-electron chi connectivity index (χ3n) is 4.81. The molecule has 6 heteroatoms. The second kappa shape index (κ2) is 7.75. The lowest BCUT2D eigenvalue weighted by Gasteiger charge is -2.34. The zero-order valence-electron chi connectivity index (χ0n) is 14.3. The van der Waals surface area contributed by atoms with Crippen molar-refractivity contribution in [2.45, 2.75) is 43.2 Å². The Hall–Kier alpha value is -0.950. The minimum Gasteiger partial charge on any atom is -0.396 e. The number of rotatable bonds is 6. The highest BCUT2D eigenvalue weighted by atomic mass is 32.2. The first kappa shape index (κ1) is 18.4. The summed E-state index contributed by atoms with van der Waals surface area (Å²) in [7, 11) is 1.81. The first-order chi connectivity index (χ1) is 10.8. The van der Waals surface area contributed by atoms with Gasteiger partial charge in [0.1, 0.15) is 0 Å². The molecule has 1 saturated carbocycles. The molecule has 0 saturated heterocycles. The van der Waals surface area contributed by atoms with Crippen LogP contribution in [0.15, 0.2) is 29.2 Å². The summed E-state index contributed by atoms with van der Waals surface area (Å²) in [6, 6.07) is 7.70. The Morgan fingerprint density at radius 2 is 1.78 bits per heavy atom. The first-order valence-electron chi connectivity index (χ1n) is 8.17. The minimum absolute atomic E-state index is 0.293. The number of hydrogen-bond donors (Lipinski definition) is 1. The molecule has 0 atom stereocenters. The van der Waals surface area contributed by atoms with Crippen LogP contribution in [0, 0.1) is 5.92 Å². The maximum absolute atomic E-state index is 12.2. The minimum atomic E-state index is -3.38. The van der Waals surface area contributed by atoms with E-state index in [1.54, 1.807) is 26.2 Å². The molecule has 0 aliphatic heterocycles. The third-order valence-corrected chi connectivity index (χ3v) is 6.62. The molecular weight excluding hydrogens is 312 g/mol. The van der Waals surface area contributed by atoms with E-state index >= 15 is 0 Å². The van der Waals surface area contributed by atoms with Gasteiger partial charge in [0.2, 0.25) is 10.0 Å². The van der Waals surface area contributed by atoms with Gasteiger partial charge < -0.3 is 5.11 Å². The normalized spacial score (nSPS) is 22.7. The van der Waals surface area contributed by atoms with Gasteiger partial charge in [-0.25, -0.2) is 12.7 Å². The lowest BCUT2D eigenvalue weighted by Crippen LogP contribution is -2.35. The van der Waals surface area contributed by atoms with Crippen LogP contribution in [0.25, 0.3) is 0 Å². The monoisotopic (exact) mass is 340 g/mol. The average Bonchev–Trinajstić information content (AvgIpc) is 2.55. The Kier molecular flexibility index (Phi) is 6.19. The molecule has 0 heterocycles. The van der Waals surface area contributed by atoms with Gasteiger partial charge in [0.05, 0.1) is 4.90 Å². The second-order valence-corrected chi connectivity index (χ2v) is 8.86. The van der Waals surface area contributed by atoms with E-state index in [4.69, 9.17) is 0 Å². The highest BCUT2D eigenvalue weighted by Crippen LogP contribution is 2.27. The van der Waals surface area contributed by atoms with Crippen LogP contribution in [0.5, 0.6) is 0 Å². The fourth-order valence-electron chi connectivity index (χ4n) is 3.20. The van der Waals surface area contributed by atoms with Gasteiger partial charge in [-0.05, 0) is 56.3 Å². The number of hydrogen-bond acceptors (Lipinski definition) is 4. The molecule has 1 aromatic rings. The van der Waals surface area contributed by atoms with Crippen molar-refractivity contribution in [2.24, 2.45) is 5.92 Å². The van der Waals surface area contributed by atoms with E-state index in [0.29, 0.717) is 23.5 Å². The van der Waals surface area contributed by atoms with Crippen molar-refractivity contribution in [1.82, 2.24) is 9.21 Å². The number of aliphatic hydroxyl groups excluding tert-OH is 1. The molecule has 0 spiro atoms. The molecule has 0 bridgehead atoms. The van der Waals surface area contributed by atoms with Gasteiger partial charge in [-0.2, -0.15) is 0 Å². The van der Waals surface area contributed by atoms with Crippen LogP contribution < -0.4 is 0 Å². The predicted molar refractivity (Wildman–Crippen MR) is 91.6 cm³/mol. The molecule has 1 fully saturated rings. The Balaban J connectivity index is 2.03. The van der Waals surface area contributed by atoms with Crippen LogP contribution in [0.4, 0.5) is 0 Å². The van der Waals surface area contributed by atoms with Crippen molar-refractivity contribution >= 4 is 10.0 Å². The molecule has 5 nitrogen and oxygen atoms in total. The lowest BCUT2D eigenvalue weighted by molar-refractivity contribution is 0.124. The quantitative estimate of drug-likeness (QED) is 0.859. The van der Waals surface area contributed by atoms with Crippen LogP contribution in [-0.4, -0.2) is 56.5 Å². The standard InChI is InChI=1S/C17H28N2O3S/c1-18(2)23(21,22)17-6-4-5-15(11-17)12-19(3)16-9-7-14(13-20)8-10-16/h4-6,11,14,16,20H,7-10,12-13H2,1-3H3. The van der Waals surface area contributed by atoms with Crippen LogP contribution >= 0.6 is 0 Å². The van der Waals surface area contributed by atoms with Crippen LogP contribution in [0.3, 0.4) is 0 Å². The molecule has 0 radical (unpaired) electrons. The number of nitrogens with zero attached hydrogens (tertiary/aromatic N) is 2. The van der Waals surface area contributed by atoms with Crippen molar-refractivity contribution in [2.75, 3.05) is 27.7 Å². The summed E-state index contributed by atoms with van der Waals surface area (Å²) in [5.74, 6) is 0.452. The summed E-state index contributed by atoms with van der Waals surface area (Å²) in [5, 5.41) is 9.23. The van der Waals surface area contributed by atoms with Gasteiger partial charge in [0.15, 0.2) is 0 Å². The maximum Gasteiger partial charge on any atom is 0.242 e. The number of benzene rings is 1. The largest absolute Gasteiger partial charge is 0.396 e. The van der Waals surface area contributed by atoms with Crippen molar-refractivity contribution in [3.05, 3.63) is 29.8 Å². The van der Waals surface area contributed by atoms with E-state index in [0.717, 1.165) is 37.8 Å². The molecule has 2 rings (SSSR count). The maximum atomic E-state index is 12.2. The number of sulfonamides is 1. The fourth-order valence-corrected chi connectivity index (χ4v) is 4.17. The molecule has 1 N–H and O–H groups in total. The van der Waals surface area contributed by atoms with E-state index in [1.165, 1.54) is 4.31 Å². The van der Waals surface area contributed by atoms with Gasteiger partial charge in [0, 0.05) is 33.3 Å². The molecule has 1 aliphatic carbocycles. The third kappa shape index (κ3) is 4.53. The summed E-state index contributed by atoms with van der Waals surface area (Å²) in [6.45, 7) is 1.03. The summed E-state index contributed by atoms with van der Waals surface area (Å²) in [5.41, 5.74) is 1.01. The van der Waals surface area contributed by atoms with E-state index in [1.807, 2.05) is 12.1 Å². The summed E-state index contributed by atoms with van der Waals surface area (Å²) in [4.78, 5) is 2.65. The molecule has 0 aromatic heterocycles. The van der Waals surface area contributed by atoms with E-state index in [-0.39, 0.29) is 0 Å². The number of aliphatic hydroxyl groups is 1. The molecule has 1 aromatic carbocycles. The van der Waals surface area contributed by atoms with Crippen LogP contribution in [0.1, 0.15) is 31.2 Å². The van der Waals surface area contributed by atoms with E-state index in [9.17, 15) is 13.5 Å². The Morgan fingerprint density at radius 3 is 2.35 bits per heavy atom. The Labute approximate surface area is 140 Å². The Morgan fingerprint density at radius 1 is 1.13 bits per heavy atom. The molecule has 0 unspecified atom stereocenters. The van der Waals surface area contributed by atoms with Gasteiger partial charge >= 0.3 is 0 Å². The van der Waals surface area contributed by atoms with Gasteiger partial charge in [-0.3, -0.25) is 4.90 Å². The molecule has 1 aliphatic rings. The van der Waals surface area contributed by atoms with Gasteiger partial charge in [-0.1, -0.05) is 12.1 Å². The topological polar surface area (TPSA) is 60.9 Å². The highest BCUT2D eigenvalue weighted by molar-refractivity contribution is 7.89. The van der Waals surface area contributed by atoms with E-state index in [2.05, 4.69) is 11.9 Å². The van der Waals surface area contributed by atoms with Crippen molar-refractivity contribution in [3.63, 3.8) is 0 Å². The van der Waals surface area contributed by atoms with Gasteiger partial charge in [0.25, 0.3) is 0 Å². The highest BCUT2D eigenvalue weighted by Gasteiger charge is 2.24. The summed E-state index contributed by atoms with van der Waals surface area (Å²) in [6.07, 6.45) is 4.33. The van der Waals surface area contributed by atoms with Crippen molar-refractivity contribution in [1.29, 1.82) is 0 Å². The molecule has 130 valence electrons. The zero-order valence-corrected chi connectivity index (χ0v) is 15.1. The molecule has 0 amide bonds. The van der Waals surface area contributed by atoms with Gasteiger partial charge in [-0.15, -0.1) is 0 Å².